The van der Waals surface area contributed by atoms with E-state index in [1.807, 2.05) is 24.3 Å². The fourth-order valence-corrected chi connectivity index (χ4v) is 2.26. The van der Waals surface area contributed by atoms with Crippen molar-refractivity contribution in [2.45, 2.75) is 18.9 Å². The largest absolute Gasteiger partial charge is 0.467 e. The van der Waals surface area contributed by atoms with Gasteiger partial charge in [-0.15, -0.1) is 0 Å². The van der Waals surface area contributed by atoms with Gasteiger partial charge in [0.15, 0.2) is 5.88 Å². The van der Waals surface area contributed by atoms with Gasteiger partial charge in [0.2, 0.25) is 0 Å². The van der Waals surface area contributed by atoms with E-state index in [-0.39, 0.29) is 11.8 Å². The van der Waals surface area contributed by atoms with Crippen LogP contribution < -0.4 is 4.90 Å². The van der Waals surface area contributed by atoms with Crippen molar-refractivity contribution < 1.29 is 13.6 Å². The maximum atomic E-state index is 11.6. The highest BCUT2D eigenvalue weighted by atomic mass is 16.4. The number of carbonyl (C=O) groups is 1. The minimum Gasteiger partial charge on any atom is -0.467 e. The highest BCUT2D eigenvalue weighted by Gasteiger charge is 2.31. The van der Waals surface area contributed by atoms with E-state index in [1.54, 1.807) is 12.5 Å². The van der Waals surface area contributed by atoms with E-state index in [2.05, 4.69) is 4.90 Å². The molecule has 1 aliphatic heterocycles. The quantitative estimate of drug-likeness (QED) is 0.797. The van der Waals surface area contributed by atoms with E-state index in [0.717, 1.165) is 11.6 Å². The number of piperidine rings is 1. The van der Waals surface area contributed by atoms with E-state index >= 15 is 0 Å². The van der Waals surface area contributed by atoms with Crippen LogP contribution in [0.5, 0.6) is 0 Å². The Hall–Kier alpha value is -1.97. The lowest BCUT2D eigenvalue weighted by Gasteiger charge is -2.33. The minimum absolute atomic E-state index is 0.0441. The molecule has 1 aliphatic rings. The molecule has 0 N–H and O–H groups in total. The number of ketones is 1. The summed E-state index contributed by atoms with van der Waals surface area (Å²) in [6.45, 7) is 0.678. The number of Topliss-reactive ketones (excluding diaryl/α,β-unsaturated/α-hetero) is 1. The first-order valence-electron chi connectivity index (χ1n) is 5.70. The van der Waals surface area contributed by atoms with Crippen molar-refractivity contribution in [3.8, 4) is 0 Å². The summed E-state index contributed by atoms with van der Waals surface area (Å²) in [6, 6.07) is 7.46. The van der Waals surface area contributed by atoms with E-state index in [1.165, 1.54) is 0 Å². The van der Waals surface area contributed by atoms with Gasteiger partial charge in [-0.25, -0.2) is 0 Å². The summed E-state index contributed by atoms with van der Waals surface area (Å²) in [7, 11) is 0. The van der Waals surface area contributed by atoms with E-state index in [9.17, 15) is 4.79 Å². The number of nitrogens with zero attached hydrogens (tertiary/aromatic N) is 1. The molecule has 0 aliphatic carbocycles. The summed E-state index contributed by atoms with van der Waals surface area (Å²) in [5, 5.41) is 0. The molecule has 0 aromatic carbocycles. The molecule has 3 heterocycles. The van der Waals surface area contributed by atoms with Crippen molar-refractivity contribution in [3.63, 3.8) is 0 Å². The Kier molecular flexibility index (Phi) is 2.48. The molecule has 0 saturated carbocycles. The highest BCUT2D eigenvalue weighted by molar-refractivity contribution is 5.81. The lowest BCUT2D eigenvalue weighted by atomic mass is 9.99. The van der Waals surface area contributed by atoms with Gasteiger partial charge in [0.1, 0.15) is 11.5 Å². The van der Waals surface area contributed by atoms with Gasteiger partial charge in [-0.3, -0.25) is 4.79 Å². The summed E-state index contributed by atoms with van der Waals surface area (Å²) >= 11 is 0. The van der Waals surface area contributed by atoms with Crippen molar-refractivity contribution in [2.75, 3.05) is 11.4 Å². The SMILES string of the molecule is O=C1CCN(c2ccco2)C(c2ccco2)C1. The molecule has 0 radical (unpaired) electrons. The molecule has 3 rings (SSSR count). The van der Waals surface area contributed by atoms with Gasteiger partial charge in [0.05, 0.1) is 18.6 Å². The third-order valence-electron chi connectivity index (χ3n) is 3.09. The van der Waals surface area contributed by atoms with Gasteiger partial charge in [0, 0.05) is 25.5 Å². The van der Waals surface area contributed by atoms with E-state index in [4.69, 9.17) is 8.83 Å². The summed E-state index contributed by atoms with van der Waals surface area (Å²) < 4.78 is 10.8. The molecule has 1 saturated heterocycles. The van der Waals surface area contributed by atoms with Crippen LogP contribution in [0.4, 0.5) is 5.88 Å². The highest BCUT2D eigenvalue weighted by Crippen LogP contribution is 2.33. The average Bonchev–Trinajstić information content (AvgIpc) is 3.02. The van der Waals surface area contributed by atoms with Crippen LogP contribution in [0.25, 0.3) is 0 Å². The predicted octanol–water partition coefficient (Wildman–Crippen LogP) is 2.78. The number of hydrogen-bond acceptors (Lipinski definition) is 4. The lowest BCUT2D eigenvalue weighted by molar-refractivity contribution is -0.120. The number of rotatable bonds is 2. The third-order valence-corrected chi connectivity index (χ3v) is 3.09. The molecule has 2 aromatic heterocycles. The maximum absolute atomic E-state index is 11.6. The van der Waals surface area contributed by atoms with Gasteiger partial charge in [-0.2, -0.15) is 0 Å². The van der Waals surface area contributed by atoms with E-state index < -0.39 is 0 Å². The maximum Gasteiger partial charge on any atom is 0.195 e. The summed E-state index contributed by atoms with van der Waals surface area (Å²) in [4.78, 5) is 13.7. The fraction of sp³-hybridized carbons (Fsp3) is 0.308. The number of furan rings is 2. The zero-order chi connectivity index (χ0) is 11.7. The molecule has 1 atom stereocenters. The van der Waals surface area contributed by atoms with Gasteiger partial charge in [-0.05, 0) is 18.2 Å². The molecule has 88 valence electrons. The third kappa shape index (κ3) is 1.86. The van der Waals surface area contributed by atoms with E-state index in [0.29, 0.717) is 19.4 Å². The molecule has 4 nitrogen and oxygen atoms in total. The summed E-state index contributed by atoms with van der Waals surface area (Å²) in [6.07, 6.45) is 4.33. The fourth-order valence-electron chi connectivity index (χ4n) is 2.26. The molecule has 1 fully saturated rings. The smallest absolute Gasteiger partial charge is 0.195 e. The number of anilines is 1. The van der Waals surface area contributed by atoms with Crippen LogP contribution in [-0.2, 0) is 4.79 Å². The Morgan fingerprint density at radius 1 is 1.18 bits per heavy atom. The Bertz CT molecular complexity index is 487. The van der Waals surface area contributed by atoms with Crippen LogP contribution in [0.3, 0.4) is 0 Å². The first-order valence-corrected chi connectivity index (χ1v) is 5.70. The molecule has 1 unspecified atom stereocenters. The molecule has 2 aromatic rings. The van der Waals surface area contributed by atoms with Gasteiger partial charge >= 0.3 is 0 Å². The van der Waals surface area contributed by atoms with Gasteiger partial charge < -0.3 is 13.7 Å². The summed E-state index contributed by atoms with van der Waals surface area (Å²) in [5.74, 6) is 1.88. The first kappa shape index (κ1) is 10.2. The van der Waals surface area contributed by atoms with Crippen molar-refractivity contribution in [3.05, 3.63) is 42.6 Å². The normalized spacial score (nSPS) is 20.8. The number of hydrogen-bond donors (Lipinski definition) is 0. The van der Waals surface area contributed by atoms with Crippen molar-refractivity contribution in [2.24, 2.45) is 0 Å². The van der Waals surface area contributed by atoms with Crippen LogP contribution in [0.15, 0.2) is 45.6 Å². The molecule has 17 heavy (non-hydrogen) atoms. The molecule has 0 spiro atoms. The Balaban J connectivity index is 1.93. The molecule has 0 bridgehead atoms. The summed E-state index contributed by atoms with van der Waals surface area (Å²) in [5.41, 5.74) is 0. The van der Waals surface area contributed by atoms with Crippen molar-refractivity contribution in [1.82, 2.24) is 0 Å². The van der Waals surface area contributed by atoms with Crippen molar-refractivity contribution in [1.29, 1.82) is 0 Å². The zero-order valence-electron chi connectivity index (χ0n) is 9.33. The topological polar surface area (TPSA) is 46.6 Å². The Labute approximate surface area is 98.8 Å². The van der Waals surface area contributed by atoms with Crippen LogP contribution in [0.1, 0.15) is 24.6 Å². The van der Waals surface area contributed by atoms with Crippen LogP contribution in [0, 0.1) is 0 Å². The lowest BCUT2D eigenvalue weighted by Crippen LogP contribution is -2.36. The molecule has 0 amide bonds. The standard InChI is InChI=1S/C13H13NO3/c15-10-5-6-14(13-4-2-8-17-13)11(9-10)12-3-1-7-16-12/h1-4,7-8,11H,5-6,9H2. The van der Waals surface area contributed by atoms with Crippen LogP contribution >= 0.6 is 0 Å². The average molecular weight is 231 g/mol. The monoisotopic (exact) mass is 231 g/mol. The second kappa shape index (κ2) is 4.13. The minimum atomic E-state index is -0.0441. The molecule has 4 heteroatoms. The second-order valence-electron chi connectivity index (χ2n) is 4.17. The van der Waals surface area contributed by atoms with Crippen LogP contribution in [0.2, 0.25) is 0 Å². The van der Waals surface area contributed by atoms with Crippen LogP contribution in [-0.4, -0.2) is 12.3 Å². The second-order valence-corrected chi connectivity index (χ2v) is 4.17. The predicted molar refractivity (Wildman–Crippen MR) is 61.7 cm³/mol. The Morgan fingerprint density at radius 2 is 2.00 bits per heavy atom. The first-order chi connectivity index (χ1) is 8.34. The number of carbonyl (C=O) groups excluding carboxylic acids is 1. The van der Waals surface area contributed by atoms with Gasteiger partial charge in [-0.1, -0.05) is 0 Å². The zero-order valence-corrected chi connectivity index (χ0v) is 9.33. The van der Waals surface area contributed by atoms with Crippen molar-refractivity contribution >= 4 is 11.7 Å². The Morgan fingerprint density at radius 3 is 2.71 bits per heavy atom. The molecular formula is C13H13NO3. The van der Waals surface area contributed by atoms with Gasteiger partial charge in [0.25, 0.3) is 0 Å². The molecular weight excluding hydrogens is 218 g/mol.